The van der Waals surface area contributed by atoms with Gasteiger partial charge < -0.3 is 20.4 Å². The Hall–Kier alpha value is -1.55. The molecule has 4 nitrogen and oxygen atoms in total. The molecule has 19 heavy (non-hydrogen) atoms. The maximum absolute atomic E-state index is 11.2. The Morgan fingerprint density at radius 1 is 1.26 bits per heavy atom. The molecule has 0 aliphatic heterocycles. The molecule has 0 spiro atoms. The molecule has 0 heterocycles. The van der Waals surface area contributed by atoms with Gasteiger partial charge in [-0.3, -0.25) is 0 Å². The SMILES string of the molecule is COc1cc(C)c([C@H](C(C)C)[C@H]([NH3+])C(=O)[O-])c(C)c1. The zero-order valence-electron chi connectivity index (χ0n) is 12.3. The van der Waals surface area contributed by atoms with Crippen molar-refractivity contribution in [1.82, 2.24) is 0 Å². The third-order valence-electron chi connectivity index (χ3n) is 3.59. The first kappa shape index (κ1) is 15.5. The minimum Gasteiger partial charge on any atom is -0.544 e. The number of carboxylic acid groups (broad SMARTS) is 1. The molecule has 0 saturated heterocycles. The van der Waals surface area contributed by atoms with Gasteiger partial charge in [-0.05, 0) is 48.6 Å². The monoisotopic (exact) mass is 265 g/mol. The molecule has 106 valence electrons. The highest BCUT2D eigenvalue weighted by Gasteiger charge is 2.30. The largest absolute Gasteiger partial charge is 0.544 e. The summed E-state index contributed by atoms with van der Waals surface area (Å²) >= 11 is 0. The molecule has 3 N–H and O–H groups in total. The molecule has 0 aliphatic carbocycles. The summed E-state index contributed by atoms with van der Waals surface area (Å²) in [5, 5.41) is 11.2. The summed E-state index contributed by atoms with van der Waals surface area (Å²) in [6.45, 7) is 7.97. The molecule has 1 aromatic rings. The van der Waals surface area contributed by atoms with E-state index in [0.717, 1.165) is 22.4 Å². The third-order valence-corrected chi connectivity index (χ3v) is 3.59. The van der Waals surface area contributed by atoms with Crippen molar-refractivity contribution in [2.75, 3.05) is 7.11 Å². The topological polar surface area (TPSA) is 77.0 Å². The van der Waals surface area contributed by atoms with Crippen molar-refractivity contribution in [3.8, 4) is 5.75 Å². The van der Waals surface area contributed by atoms with Gasteiger partial charge >= 0.3 is 0 Å². The highest BCUT2D eigenvalue weighted by Crippen LogP contribution is 2.33. The van der Waals surface area contributed by atoms with Crippen molar-refractivity contribution < 1.29 is 20.4 Å². The molecule has 0 unspecified atom stereocenters. The van der Waals surface area contributed by atoms with Crippen LogP contribution in [-0.2, 0) is 4.79 Å². The molecule has 0 amide bonds. The number of aliphatic carboxylic acids is 1. The lowest BCUT2D eigenvalue weighted by Crippen LogP contribution is -2.71. The first-order chi connectivity index (χ1) is 8.79. The van der Waals surface area contributed by atoms with Crippen LogP contribution >= 0.6 is 0 Å². The second-order valence-electron chi connectivity index (χ2n) is 5.37. The number of aryl methyl sites for hydroxylation is 2. The van der Waals surface area contributed by atoms with Gasteiger partial charge in [-0.15, -0.1) is 0 Å². The summed E-state index contributed by atoms with van der Waals surface area (Å²) < 4.78 is 5.23. The van der Waals surface area contributed by atoms with Crippen LogP contribution < -0.4 is 15.6 Å². The molecule has 0 bridgehead atoms. The lowest BCUT2D eigenvalue weighted by molar-refractivity contribution is -0.444. The Morgan fingerprint density at radius 3 is 2.05 bits per heavy atom. The second-order valence-corrected chi connectivity index (χ2v) is 5.37. The van der Waals surface area contributed by atoms with E-state index in [0.29, 0.717) is 0 Å². The van der Waals surface area contributed by atoms with Crippen LogP contribution in [0.2, 0.25) is 0 Å². The molecule has 2 atom stereocenters. The van der Waals surface area contributed by atoms with Gasteiger partial charge in [0.1, 0.15) is 11.8 Å². The number of benzene rings is 1. The first-order valence-electron chi connectivity index (χ1n) is 6.48. The highest BCUT2D eigenvalue weighted by atomic mass is 16.5. The van der Waals surface area contributed by atoms with E-state index in [9.17, 15) is 9.90 Å². The van der Waals surface area contributed by atoms with Gasteiger partial charge in [0.05, 0.1) is 13.1 Å². The van der Waals surface area contributed by atoms with Gasteiger partial charge in [0.2, 0.25) is 0 Å². The van der Waals surface area contributed by atoms with E-state index in [1.54, 1.807) is 7.11 Å². The van der Waals surface area contributed by atoms with E-state index in [4.69, 9.17) is 4.74 Å². The van der Waals surface area contributed by atoms with Crippen LogP contribution in [0.25, 0.3) is 0 Å². The van der Waals surface area contributed by atoms with Gasteiger partial charge in [0, 0.05) is 5.92 Å². The van der Waals surface area contributed by atoms with Crippen LogP contribution in [0.4, 0.5) is 0 Å². The summed E-state index contributed by atoms with van der Waals surface area (Å²) in [4.78, 5) is 11.2. The van der Waals surface area contributed by atoms with Crippen LogP contribution in [-0.4, -0.2) is 19.1 Å². The van der Waals surface area contributed by atoms with Crippen LogP contribution in [0, 0.1) is 19.8 Å². The smallest absolute Gasteiger partial charge is 0.132 e. The predicted molar refractivity (Wildman–Crippen MR) is 71.7 cm³/mol. The van der Waals surface area contributed by atoms with Crippen molar-refractivity contribution in [3.63, 3.8) is 0 Å². The molecule has 1 rings (SSSR count). The Morgan fingerprint density at radius 2 is 1.74 bits per heavy atom. The fourth-order valence-corrected chi connectivity index (χ4v) is 2.72. The van der Waals surface area contributed by atoms with Crippen LogP contribution in [0.5, 0.6) is 5.75 Å². The first-order valence-corrected chi connectivity index (χ1v) is 6.48. The number of carbonyl (C=O) groups excluding carboxylic acids is 1. The summed E-state index contributed by atoms with van der Waals surface area (Å²) in [5.74, 6) is -0.300. The lowest BCUT2D eigenvalue weighted by atomic mass is 9.78. The molecule has 1 aromatic carbocycles. The predicted octanol–water partition coefficient (Wildman–Crippen LogP) is 0.412. The Balaban J connectivity index is 3.35. The average molecular weight is 265 g/mol. The minimum absolute atomic E-state index is 0.157. The van der Waals surface area contributed by atoms with Gasteiger partial charge in [-0.25, -0.2) is 0 Å². The number of hydrogen-bond donors (Lipinski definition) is 1. The quantitative estimate of drug-likeness (QED) is 0.837. The number of methoxy groups -OCH3 is 1. The molecule has 0 aromatic heterocycles. The number of ether oxygens (including phenoxy) is 1. The number of carboxylic acids is 1. The van der Waals surface area contributed by atoms with Gasteiger partial charge in [0.15, 0.2) is 0 Å². The van der Waals surface area contributed by atoms with Crippen molar-refractivity contribution in [3.05, 3.63) is 28.8 Å². The molecule has 0 saturated carbocycles. The Kier molecular flexibility index (Phi) is 4.95. The van der Waals surface area contributed by atoms with Crippen LogP contribution in [0.1, 0.15) is 36.5 Å². The standard InChI is InChI=1S/C15H23NO3/c1-8(2)12(14(16)15(17)18)13-9(3)6-11(19-5)7-10(13)4/h6-8,12,14H,16H2,1-5H3,(H,17,18)/t12-,14-/m0/s1. The summed E-state index contributed by atoms with van der Waals surface area (Å²) in [5.41, 5.74) is 6.87. The number of hydrogen-bond acceptors (Lipinski definition) is 3. The lowest BCUT2D eigenvalue weighted by Gasteiger charge is -2.29. The fourth-order valence-electron chi connectivity index (χ4n) is 2.72. The van der Waals surface area contributed by atoms with Crippen molar-refractivity contribution in [1.29, 1.82) is 0 Å². The molecule has 0 aliphatic rings. The number of rotatable bonds is 5. The molecule has 0 radical (unpaired) electrons. The Bertz CT molecular complexity index is 445. The number of quaternary nitrogens is 1. The van der Waals surface area contributed by atoms with E-state index >= 15 is 0 Å². The molecular formula is C15H23NO3. The van der Waals surface area contributed by atoms with Crippen LogP contribution in [0.3, 0.4) is 0 Å². The zero-order chi connectivity index (χ0) is 14.7. The average Bonchev–Trinajstić information content (AvgIpc) is 2.31. The third kappa shape index (κ3) is 3.26. The normalized spacial score (nSPS) is 14.3. The molecule has 0 fully saturated rings. The van der Waals surface area contributed by atoms with E-state index < -0.39 is 12.0 Å². The van der Waals surface area contributed by atoms with Crippen molar-refractivity contribution >= 4 is 5.97 Å². The Labute approximate surface area is 114 Å². The van der Waals surface area contributed by atoms with Gasteiger partial charge in [-0.1, -0.05) is 13.8 Å². The number of carbonyl (C=O) groups is 1. The molecule has 4 heteroatoms. The van der Waals surface area contributed by atoms with E-state index in [-0.39, 0.29) is 11.8 Å². The van der Waals surface area contributed by atoms with Crippen molar-refractivity contribution in [2.45, 2.75) is 39.7 Å². The summed E-state index contributed by atoms with van der Waals surface area (Å²) in [6, 6.07) is 3.10. The fraction of sp³-hybridized carbons (Fsp3) is 0.533. The van der Waals surface area contributed by atoms with Gasteiger partial charge in [-0.2, -0.15) is 0 Å². The highest BCUT2D eigenvalue weighted by molar-refractivity contribution is 5.71. The van der Waals surface area contributed by atoms with Crippen molar-refractivity contribution in [2.24, 2.45) is 5.92 Å². The minimum atomic E-state index is -1.10. The maximum Gasteiger partial charge on any atom is 0.132 e. The summed E-state index contributed by atoms with van der Waals surface area (Å²) in [7, 11) is 1.62. The van der Waals surface area contributed by atoms with E-state index in [2.05, 4.69) is 5.73 Å². The molecular weight excluding hydrogens is 242 g/mol. The van der Waals surface area contributed by atoms with Gasteiger partial charge in [0.25, 0.3) is 0 Å². The second kappa shape index (κ2) is 6.06. The zero-order valence-corrected chi connectivity index (χ0v) is 12.3. The van der Waals surface area contributed by atoms with E-state index in [1.807, 2.05) is 39.8 Å². The maximum atomic E-state index is 11.2. The van der Waals surface area contributed by atoms with Crippen LogP contribution in [0.15, 0.2) is 12.1 Å². The summed E-state index contributed by atoms with van der Waals surface area (Å²) in [6.07, 6.45) is 0. The van der Waals surface area contributed by atoms with E-state index in [1.165, 1.54) is 0 Å².